The zero-order chi connectivity index (χ0) is 10.6. The van der Waals surface area contributed by atoms with Gasteiger partial charge in [0.25, 0.3) is 0 Å². The van der Waals surface area contributed by atoms with Crippen molar-refractivity contribution in [2.45, 2.75) is 0 Å². The van der Waals surface area contributed by atoms with Crippen molar-refractivity contribution in [2.24, 2.45) is 5.73 Å². The molecule has 6 heteroatoms. The number of carboxylic acid groups (broad SMARTS) is 1. The van der Waals surface area contributed by atoms with Crippen LogP contribution in [0, 0.1) is 0 Å². The predicted octanol–water partition coefficient (Wildman–Crippen LogP) is -2.95. The first kappa shape index (κ1) is 14.7. The Labute approximate surface area is 115 Å². The van der Waals surface area contributed by atoms with E-state index in [9.17, 15) is 9.90 Å². The first-order valence-corrected chi connectivity index (χ1v) is 4.36. The number of benzene rings is 1. The van der Waals surface area contributed by atoms with Gasteiger partial charge in [-0.2, -0.15) is 0 Å². The Morgan fingerprint density at radius 2 is 2.20 bits per heavy atom. The van der Waals surface area contributed by atoms with Crippen LogP contribution in [-0.4, -0.2) is 19.1 Å². The Bertz CT molecular complexity index is 346. The van der Waals surface area contributed by atoms with Gasteiger partial charge in [-0.15, -0.1) is 0 Å². The molecule has 1 rings (SSSR count). The fraction of sp³-hybridized carbons (Fsp3) is 0.222. The number of hydrogen-bond acceptors (Lipinski definition) is 4. The van der Waals surface area contributed by atoms with Gasteiger partial charge in [0.1, 0.15) is 12.4 Å². The van der Waals surface area contributed by atoms with Gasteiger partial charge < -0.3 is 20.4 Å². The molecule has 0 fully saturated rings. The molecular weight excluding hydrogens is 229 g/mol. The number of ether oxygens (including phenoxy) is 1. The second-order valence-corrected chi connectivity index (χ2v) is 2.97. The van der Waals surface area contributed by atoms with Crippen LogP contribution >= 0.6 is 11.6 Å². The van der Waals surface area contributed by atoms with Gasteiger partial charge in [0.2, 0.25) is 0 Å². The predicted molar refractivity (Wildman–Crippen MR) is 50.3 cm³/mol. The Hall–Kier alpha value is -0.260. The fourth-order valence-electron chi connectivity index (χ4n) is 0.927. The van der Waals surface area contributed by atoms with Crippen LogP contribution in [0.25, 0.3) is 0 Å². The van der Waals surface area contributed by atoms with Gasteiger partial charge >= 0.3 is 29.6 Å². The van der Waals surface area contributed by atoms with Crippen molar-refractivity contribution in [1.82, 2.24) is 0 Å². The molecule has 0 heterocycles. The van der Waals surface area contributed by atoms with Crippen LogP contribution in [0.15, 0.2) is 18.2 Å². The van der Waals surface area contributed by atoms with Gasteiger partial charge in [-0.1, -0.05) is 11.6 Å². The van der Waals surface area contributed by atoms with Crippen LogP contribution in [0.5, 0.6) is 5.75 Å². The van der Waals surface area contributed by atoms with E-state index in [0.29, 0.717) is 18.9 Å². The van der Waals surface area contributed by atoms with E-state index in [2.05, 4.69) is 0 Å². The van der Waals surface area contributed by atoms with Gasteiger partial charge in [-0.3, -0.25) is 0 Å². The summed E-state index contributed by atoms with van der Waals surface area (Å²) in [5, 5.41) is 10.7. The summed E-state index contributed by atoms with van der Waals surface area (Å²) in [4.78, 5) is 10.6. The van der Waals surface area contributed by atoms with E-state index < -0.39 is 5.97 Å². The molecule has 1 aromatic rings. The second kappa shape index (κ2) is 7.09. The molecule has 0 aliphatic carbocycles. The minimum atomic E-state index is -1.33. The SMILES string of the molecule is NCCOc1ccc(Cl)c(C(=O)[O-])c1.[Na+]. The molecule has 0 saturated carbocycles. The normalized spacial score (nSPS) is 9.20. The Morgan fingerprint density at radius 3 is 2.73 bits per heavy atom. The number of halogens is 1. The van der Waals surface area contributed by atoms with Crippen LogP contribution in [0.2, 0.25) is 5.02 Å². The smallest absolute Gasteiger partial charge is 0.545 e. The molecule has 4 nitrogen and oxygen atoms in total. The van der Waals surface area contributed by atoms with Gasteiger partial charge in [0, 0.05) is 17.1 Å². The van der Waals surface area contributed by atoms with E-state index in [1.807, 2.05) is 0 Å². The summed E-state index contributed by atoms with van der Waals surface area (Å²) in [6.45, 7) is 0.692. The monoisotopic (exact) mass is 237 g/mol. The maximum Gasteiger partial charge on any atom is 1.00 e. The van der Waals surface area contributed by atoms with Crippen molar-refractivity contribution in [3.8, 4) is 5.75 Å². The molecule has 0 saturated heterocycles. The summed E-state index contributed by atoms with van der Waals surface area (Å²) in [6, 6.07) is 4.33. The summed E-state index contributed by atoms with van der Waals surface area (Å²) >= 11 is 5.62. The molecule has 0 bridgehead atoms. The summed E-state index contributed by atoms with van der Waals surface area (Å²) in [7, 11) is 0. The molecule has 0 aliphatic rings. The molecule has 0 unspecified atom stereocenters. The first-order chi connectivity index (χ1) is 6.65. The number of rotatable bonds is 4. The van der Waals surface area contributed by atoms with Crippen LogP contribution in [0.3, 0.4) is 0 Å². The van der Waals surface area contributed by atoms with Crippen molar-refractivity contribution in [1.29, 1.82) is 0 Å². The van der Waals surface area contributed by atoms with Crippen LogP contribution < -0.4 is 45.1 Å². The topological polar surface area (TPSA) is 75.4 Å². The molecule has 0 amide bonds. The molecule has 0 spiro atoms. The van der Waals surface area contributed by atoms with Crippen molar-refractivity contribution < 1.29 is 44.2 Å². The molecule has 0 radical (unpaired) electrons. The van der Waals surface area contributed by atoms with Crippen LogP contribution in [-0.2, 0) is 0 Å². The van der Waals surface area contributed by atoms with Gasteiger partial charge in [0.15, 0.2) is 0 Å². The van der Waals surface area contributed by atoms with E-state index >= 15 is 0 Å². The first-order valence-electron chi connectivity index (χ1n) is 3.99. The van der Waals surface area contributed by atoms with Crippen molar-refractivity contribution in [2.75, 3.05) is 13.2 Å². The number of carboxylic acids is 1. The number of aromatic carboxylic acids is 1. The third-order valence-electron chi connectivity index (χ3n) is 1.54. The van der Waals surface area contributed by atoms with Gasteiger partial charge in [0.05, 0.1) is 5.97 Å². The van der Waals surface area contributed by atoms with E-state index in [-0.39, 0.29) is 40.1 Å². The minimum absolute atomic E-state index is 0. The Balaban J connectivity index is 0.00000196. The third-order valence-corrected chi connectivity index (χ3v) is 1.87. The molecule has 0 aliphatic heterocycles. The quantitative estimate of drug-likeness (QED) is 0.568. The zero-order valence-corrected chi connectivity index (χ0v) is 11.1. The van der Waals surface area contributed by atoms with Crippen molar-refractivity contribution >= 4 is 17.6 Å². The number of carbonyl (C=O) groups is 1. The molecule has 1 aromatic carbocycles. The average Bonchev–Trinajstić information content (AvgIpc) is 2.16. The molecule has 76 valence electrons. The minimum Gasteiger partial charge on any atom is -0.545 e. The number of hydrogen-bond donors (Lipinski definition) is 1. The largest absolute Gasteiger partial charge is 1.00 e. The maximum atomic E-state index is 10.6. The van der Waals surface area contributed by atoms with E-state index in [1.165, 1.54) is 12.1 Å². The van der Waals surface area contributed by atoms with Crippen LogP contribution in [0.1, 0.15) is 10.4 Å². The standard InChI is InChI=1S/C9H10ClNO3.Na/c10-8-2-1-6(14-4-3-11)5-7(8)9(12)13;/h1-2,5H,3-4,11H2,(H,12,13);/q;+1/p-1. The molecule has 0 atom stereocenters. The summed E-state index contributed by atoms with van der Waals surface area (Å²) in [6.07, 6.45) is 0. The summed E-state index contributed by atoms with van der Waals surface area (Å²) in [5.41, 5.74) is 5.14. The molecule has 2 N–H and O–H groups in total. The van der Waals surface area contributed by atoms with Crippen molar-refractivity contribution in [3.05, 3.63) is 28.8 Å². The van der Waals surface area contributed by atoms with Crippen LogP contribution in [0.4, 0.5) is 0 Å². The number of nitrogens with two attached hydrogens (primary N) is 1. The number of carbonyl (C=O) groups excluding carboxylic acids is 1. The van der Waals surface area contributed by atoms with Crippen molar-refractivity contribution in [3.63, 3.8) is 0 Å². The second-order valence-electron chi connectivity index (χ2n) is 2.57. The van der Waals surface area contributed by atoms with Gasteiger partial charge in [-0.25, -0.2) is 0 Å². The average molecular weight is 238 g/mol. The maximum absolute atomic E-state index is 10.6. The van der Waals surface area contributed by atoms with E-state index in [4.69, 9.17) is 22.1 Å². The Kier molecular flexibility index (Phi) is 6.96. The van der Waals surface area contributed by atoms with Gasteiger partial charge in [-0.05, 0) is 18.2 Å². The molecular formula is C9H9ClNNaO3. The summed E-state index contributed by atoms with van der Waals surface area (Å²) < 4.78 is 5.13. The van der Waals surface area contributed by atoms with E-state index in [0.717, 1.165) is 0 Å². The Morgan fingerprint density at radius 1 is 1.53 bits per heavy atom. The summed E-state index contributed by atoms with van der Waals surface area (Å²) in [5.74, 6) is -0.910. The van der Waals surface area contributed by atoms with E-state index in [1.54, 1.807) is 6.07 Å². The third kappa shape index (κ3) is 4.40. The molecule has 15 heavy (non-hydrogen) atoms. The zero-order valence-electron chi connectivity index (χ0n) is 8.33. The fourth-order valence-corrected chi connectivity index (χ4v) is 1.12. The molecule has 0 aromatic heterocycles.